The smallest absolute Gasteiger partial charge is 0.417 e. The van der Waals surface area contributed by atoms with Crippen LogP contribution >= 0.6 is 0 Å². The van der Waals surface area contributed by atoms with E-state index in [1.165, 1.54) is 60.5 Å². The minimum atomic E-state index is -4.55. The van der Waals surface area contributed by atoms with Crippen molar-refractivity contribution < 1.29 is 22.7 Å². The van der Waals surface area contributed by atoms with E-state index in [-0.39, 0.29) is 28.6 Å². The summed E-state index contributed by atoms with van der Waals surface area (Å²) in [6.45, 7) is 0. The van der Waals surface area contributed by atoms with E-state index in [4.69, 9.17) is 4.74 Å². The Kier molecular flexibility index (Phi) is 4.78. The highest BCUT2D eigenvalue weighted by Gasteiger charge is 2.33. The lowest BCUT2D eigenvalue weighted by molar-refractivity contribution is -0.137. The molecule has 4 rings (SSSR count). The molecule has 1 amide bonds. The van der Waals surface area contributed by atoms with Crippen LogP contribution in [0.15, 0.2) is 55.0 Å². The molecule has 3 heterocycles. The van der Waals surface area contributed by atoms with Gasteiger partial charge in [0.15, 0.2) is 11.3 Å². The lowest BCUT2D eigenvalue weighted by atomic mass is 10.0. The van der Waals surface area contributed by atoms with E-state index in [0.717, 1.165) is 6.07 Å². The highest BCUT2D eigenvalue weighted by atomic mass is 19.4. The van der Waals surface area contributed by atoms with E-state index in [2.05, 4.69) is 25.4 Å². The molecule has 0 bridgehead atoms. The van der Waals surface area contributed by atoms with Gasteiger partial charge in [0.2, 0.25) is 5.88 Å². The third-order valence-electron chi connectivity index (χ3n) is 4.20. The highest BCUT2D eigenvalue weighted by Crippen LogP contribution is 2.36. The Morgan fingerprint density at radius 2 is 1.90 bits per heavy atom. The van der Waals surface area contributed by atoms with Crippen LogP contribution in [0.25, 0.3) is 16.9 Å². The number of imidazole rings is 1. The fourth-order valence-corrected chi connectivity index (χ4v) is 2.83. The quantitative estimate of drug-likeness (QED) is 0.550. The van der Waals surface area contributed by atoms with Crippen LogP contribution in [0, 0.1) is 0 Å². The first-order chi connectivity index (χ1) is 14.4. The standard InChI is InChI=1S/C19H13F3N6O2/c1-30-17-8-15(24-10-25-17)26-18(29)14-9-23-16-7-6-13(27-28(14)16)11-4-2-3-5-12(11)19(20,21)22/h2-10H,1H3,(H,24,25,26,29). The number of nitrogens with zero attached hydrogens (tertiary/aromatic N) is 5. The van der Waals surface area contributed by atoms with Crippen LogP contribution in [0.4, 0.5) is 19.0 Å². The Balaban J connectivity index is 1.73. The third kappa shape index (κ3) is 3.64. The summed E-state index contributed by atoms with van der Waals surface area (Å²) >= 11 is 0. The van der Waals surface area contributed by atoms with E-state index in [0.29, 0.717) is 5.65 Å². The van der Waals surface area contributed by atoms with Crippen molar-refractivity contribution in [1.82, 2.24) is 24.6 Å². The van der Waals surface area contributed by atoms with Gasteiger partial charge in [0.05, 0.1) is 24.6 Å². The summed E-state index contributed by atoms with van der Waals surface area (Å²) in [5.41, 5.74) is -0.558. The van der Waals surface area contributed by atoms with Crippen molar-refractivity contribution in [3.8, 4) is 17.1 Å². The number of carbonyl (C=O) groups is 1. The Morgan fingerprint density at radius 1 is 1.10 bits per heavy atom. The molecule has 8 nitrogen and oxygen atoms in total. The fourth-order valence-electron chi connectivity index (χ4n) is 2.83. The molecule has 0 unspecified atom stereocenters. The van der Waals surface area contributed by atoms with Gasteiger partial charge in [-0.15, -0.1) is 0 Å². The number of hydrogen-bond acceptors (Lipinski definition) is 6. The molecule has 0 atom stereocenters. The SMILES string of the molecule is COc1cc(NC(=O)c2cnc3ccc(-c4ccccc4C(F)(F)F)nn23)ncn1. The Bertz CT molecular complexity index is 1240. The topological polar surface area (TPSA) is 94.3 Å². The number of methoxy groups -OCH3 is 1. The van der Waals surface area contributed by atoms with E-state index in [1.54, 1.807) is 0 Å². The predicted octanol–water partition coefficient (Wildman–Crippen LogP) is 3.47. The molecule has 4 aromatic rings. The van der Waals surface area contributed by atoms with E-state index in [9.17, 15) is 18.0 Å². The van der Waals surface area contributed by atoms with Gasteiger partial charge >= 0.3 is 6.18 Å². The van der Waals surface area contributed by atoms with E-state index >= 15 is 0 Å². The number of fused-ring (bicyclic) bond motifs is 1. The second kappa shape index (κ2) is 7.43. The molecule has 0 saturated heterocycles. The number of carbonyl (C=O) groups excluding carboxylic acids is 1. The van der Waals surface area contributed by atoms with Gasteiger partial charge in [-0.2, -0.15) is 18.3 Å². The summed E-state index contributed by atoms with van der Waals surface area (Å²) in [4.78, 5) is 24.5. The number of ether oxygens (including phenoxy) is 1. The monoisotopic (exact) mass is 414 g/mol. The number of alkyl halides is 3. The van der Waals surface area contributed by atoms with Gasteiger partial charge < -0.3 is 10.1 Å². The van der Waals surface area contributed by atoms with Gasteiger partial charge in [-0.1, -0.05) is 18.2 Å². The van der Waals surface area contributed by atoms with Gasteiger partial charge in [0.25, 0.3) is 5.91 Å². The second-order valence-electron chi connectivity index (χ2n) is 6.08. The zero-order valence-corrected chi connectivity index (χ0v) is 15.4. The first-order valence-corrected chi connectivity index (χ1v) is 8.55. The van der Waals surface area contributed by atoms with Crippen LogP contribution in [0.3, 0.4) is 0 Å². The van der Waals surface area contributed by atoms with Crippen molar-refractivity contribution in [1.29, 1.82) is 0 Å². The van der Waals surface area contributed by atoms with Gasteiger partial charge in [-0.3, -0.25) is 4.79 Å². The van der Waals surface area contributed by atoms with Crippen molar-refractivity contribution >= 4 is 17.4 Å². The van der Waals surface area contributed by atoms with Crippen molar-refractivity contribution in [2.45, 2.75) is 6.18 Å². The molecule has 0 radical (unpaired) electrons. The van der Waals surface area contributed by atoms with E-state index < -0.39 is 17.6 Å². The minimum Gasteiger partial charge on any atom is -0.481 e. The van der Waals surface area contributed by atoms with E-state index in [1.807, 2.05) is 0 Å². The Morgan fingerprint density at radius 3 is 2.67 bits per heavy atom. The van der Waals surface area contributed by atoms with Crippen LogP contribution in [0.5, 0.6) is 5.88 Å². The number of amides is 1. The molecule has 11 heteroatoms. The third-order valence-corrected chi connectivity index (χ3v) is 4.20. The number of nitrogens with one attached hydrogen (secondary N) is 1. The van der Waals surface area contributed by atoms with Crippen LogP contribution < -0.4 is 10.1 Å². The molecular formula is C19H13F3N6O2. The first-order valence-electron chi connectivity index (χ1n) is 8.55. The number of hydrogen-bond donors (Lipinski definition) is 1. The molecule has 0 aliphatic heterocycles. The highest BCUT2D eigenvalue weighted by molar-refractivity contribution is 6.02. The Hall–Kier alpha value is -4.02. The summed E-state index contributed by atoms with van der Waals surface area (Å²) in [6.07, 6.45) is -2.06. The van der Waals surface area contributed by atoms with Crippen molar-refractivity contribution in [3.63, 3.8) is 0 Å². The molecule has 0 aliphatic rings. The summed E-state index contributed by atoms with van der Waals surface area (Å²) in [5, 5.41) is 6.77. The molecule has 30 heavy (non-hydrogen) atoms. The maximum Gasteiger partial charge on any atom is 0.417 e. The number of halogens is 3. The van der Waals surface area contributed by atoms with Crippen molar-refractivity contribution in [2.75, 3.05) is 12.4 Å². The average molecular weight is 414 g/mol. The molecule has 0 spiro atoms. The number of anilines is 1. The molecule has 3 aromatic heterocycles. The summed E-state index contributed by atoms with van der Waals surface area (Å²) < 4.78 is 46.3. The molecule has 0 fully saturated rings. The lowest BCUT2D eigenvalue weighted by Gasteiger charge is -2.12. The van der Waals surface area contributed by atoms with Gasteiger partial charge in [0.1, 0.15) is 12.1 Å². The number of benzene rings is 1. The second-order valence-corrected chi connectivity index (χ2v) is 6.08. The zero-order valence-electron chi connectivity index (χ0n) is 15.4. The predicted molar refractivity (Wildman–Crippen MR) is 100.0 cm³/mol. The lowest BCUT2D eigenvalue weighted by Crippen LogP contribution is -2.16. The van der Waals surface area contributed by atoms with Crippen LogP contribution in [0.1, 0.15) is 16.1 Å². The molecule has 0 aliphatic carbocycles. The summed E-state index contributed by atoms with van der Waals surface area (Å²) in [7, 11) is 1.42. The normalized spacial score (nSPS) is 11.5. The van der Waals surface area contributed by atoms with Crippen LogP contribution in [-0.4, -0.2) is 37.6 Å². The Labute approximate surface area is 167 Å². The first kappa shape index (κ1) is 19.3. The maximum atomic E-state index is 13.4. The molecule has 0 saturated carbocycles. The zero-order chi connectivity index (χ0) is 21.3. The van der Waals surface area contributed by atoms with Gasteiger partial charge in [0, 0.05) is 11.6 Å². The molecule has 1 N–H and O–H groups in total. The van der Waals surface area contributed by atoms with Crippen LogP contribution in [0.2, 0.25) is 0 Å². The molecular weight excluding hydrogens is 401 g/mol. The molecule has 1 aromatic carbocycles. The fraction of sp³-hybridized carbons (Fsp3) is 0.105. The number of aromatic nitrogens is 5. The van der Waals surface area contributed by atoms with Gasteiger partial charge in [-0.05, 0) is 18.2 Å². The van der Waals surface area contributed by atoms with Gasteiger partial charge in [-0.25, -0.2) is 19.5 Å². The average Bonchev–Trinajstić information content (AvgIpc) is 3.16. The molecule has 152 valence electrons. The maximum absolute atomic E-state index is 13.4. The van der Waals surface area contributed by atoms with Crippen molar-refractivity contribution in [3.05, 3.63) is 66.2 Å². The van der Waals surface area contributed by atoms with Crippen LogP contribution in [-0.2, 0) is 6.18 Å². The largest absolute Gasteiger partial charge is 0.481 e. The summed E-state index contributed by atoms with van der Waals surface area (Å²) in [5.74, 6) is -0.167. The minimum absolute atomic E-state index is 0.0221. The number of rotatable bonds is 4. The summed E-state index contributed by atoms with van der Waals surface area (Å²) in [6, 6.07) is 9.41. The van der Waals surface area contributed by atoms with Crippen molar-refractivity contribution in [2.24, 2.45) is 0 Å².